The van der Waals surface area contributed by atoms with Crippen LogP contribution in [0.25, 0.3) is 0 Å². The largest absolute Gasteiger partial charge is 0.448 e. The molecule has 24 heavy (non-hydrogen) atoms. The maximum absolute atomic E-state index is 12.1. The van der Waals surface area contributed by atoms with Crippen molar-refractivity contribution in [2.24, 2.45) is 0 Å². The van der Waals surface area contributed by atoms with Gasteiger partial charge in [-0.15, -0.1) is 5.10 Å². The highest BCUT2D eigenvalue weighted by atomic mass is 16.6. The van der Waals surface area contributed by atoms with Crippen molar-refractivity contribution in [2.45, 2.75) is 12.6 Å². The summed E-state index contributed by atoms with van der Waals surface area (Å²) in [6.45, 7) is 2.46. The van der Waals surface area contributed by atoms with E-state index in [0.717, 1.165) is 5.69 Å². The number of carbonyl (C=O) groups excluding carboxylic acids is 2. The van der Waals surface area contributed by atoms with Crippen molar-refractivity contribution in [3.05, 3.63) is 24.3 Å². The van der Waals surface area contributed by atoms with Gasteiger partial charge in [-0.1, -0.05) is 5.21 Å². The first-order valence-electron chi connectivity index (χ1n) is 7.63. The van der Waals surface area contributed by atoms with Gasteiger partial charge in [0.1, 0.15) is 25.4 Å². The molecule has 2 aliphatic heterocycles. The van der Waals surface area contributed by atoms with Crippen LogP contribution in [0.1, 0.15) is 11.7 Å². The van der Waals surface area contributed by atoms with Crippen molar-refractivity contribution in [1.29, 1.82) is 0 Å². The first-order valence-corrected chi connectivity index (χ1v) is 7.63. The number of hydrogen-bond donors (Lipinski definition) is 0. The Bertz CT molecular complexity index is 736. The molecule has 126 valence electrons. The van der Waals surface area contributed by atoms with Crippen LogP contribution in [0.5, 0.6) is 0 Å². The summed E-state index contributed by atoms with van der Waals surface area (Å²) in [4.78, 5) is 28.1. The van der Waals surface area contributed by atoms with E-state index < -0.39 is 6.09 Å². The highest BCUT2D eigenvalue weighted by molar-refractivity contribution is 5.83. The zero-order valence-corrected chi connectivity index (χ0v) is 12.9. The van der Waals surface area contributed by atoms with Gasteiger partial charge in [-0.25, -0.2) is 9.48 Å². The third-order valence-corrected chi connectivity index (χ3v) is 4.09. The first kappa shape index (κ1) is 14.6. The molecule has 11 heteroatoms. The molecule has 0 aliphatic carbocycles. The molecule has 0 atom stereocenters. The number of rotatable bonds is 5. The summed E-state index contributed by atoms with van der Waals surface area (Å²) in [5.74, 6) is -0.0776. The zero-order valence-electron chi connectivity index (χ0n) is 12.9. The van der Waals surface area contributed by atoms with Crippen LogP contribution in [0, 0.1) is 0 Å². The summed E-state index contributed by atoms with van der Waals surface area (Å²) in [7, 11) is 0. The maximum atomic E-state index is 12.1. The van der Waals surface area contributed by atoms with E-state index in [2.05, 4.69) is 20.5 Å². The Kier molecular flexibility index (Phi) is 3.59. The lowest BCUT2D eigenvalue weighted by Gasteiger charge is -2.39. The van der Waals surface area contributed by atoms with Crippen LogP contribution in [0.2, 0.25) is 0 Å². The molecule has 2 aliphatic rings. The minimum atomic E-state index is -0.423. The SMILES string of the molecule is O=C(CN1CCOC1=O)N1CC(n2cc(Cn3nccn3)nn2)C1. The third kappa shape index (κ3) is 2.79. The summed E-state index contributed by atoms with van der Waals surface area (Å²) in [5.41, 5.74) is 0.760. The Morgan fingerprint density at radius 2 is 2.08 bits per heavy atom. The fraction of sp³-hybridized carbons (Fsp3) is 0.538. The molecule has 0 radical (unpaired) electrons. The van der Waals surface area contributed by atoms with E-state index >= 15 is 0 Å². The highest BCUT2D eigenvalue weighted by Crippen LogP contribution is 2.21. The number of aromatic nitrogens is 6. The molecule has 0 aromatic carbocycles. The van der Waals surface area contributed by atoms with Crippen LogP contribution in [0.3, 0.4) is 0 Å². The lowest BCUT2D eigenvalue weighted by molar-refractivity contribution is -0.137. The van der Waals surface area contributed by atoms with E-state index in [1.807, 2.05) is 6.20 Å². The molecule has 0 bridgehead atoms. The molecular weight excluding hydrogens is 316 g/mol. The summed E-state index contributed by atoms with van der Waals surface area (Å²) >= 11 is 0. The Hall–Kier alpha value is -2.98. The second-order valence-electron chi connectivity index (χ2n) is 5.74. The van der Waals surface area contributed by atoms with E-state index in [4.69, 9.17) is 4.74 Å². The van der Waals surface area contributed by atoms with Crippen molar-refractivity contribution in [3.8, 4) is 0 Å². The van der Waals surface area contributed by atoms with E-state index in [1.54, 1.807) is 22.0 Å². The van der Waals surface area contributed by atoms with Crippen LogP contribution < -0.4 is 0 Å². The van der Waals surface area contributed by atoms with Gasteiger partial charge >= 0.3 is 6.09 Å². The second-order valence-corrected chi connectivity index (χ2v) is 5.74. The van der Waals surface area contributed by atoms with Gasteiger partial charge in [0.25, 0.3) is 0 Å². The maximum Gasteiger partial charge on any atom is 0.410 e. The minimum Gasteiger partial charge on any atom is -0.448 e. The van der Waals surface area contributed by atoms with Gasteiger partial charge in [0.15, 0.2) is 0 Å². The summed E-state index contributed by atoms with van der Waals surface area (Å²) in [6, 6.07) is 0.103. The van der Waals surface area contributed by atoms with Crippen molar-refractivity contribution in [1.82, 2.24) is 39.8 Å². The Morgan fingerprint density at radius 1 is 1.29 bits per heavy atom. The van der Waals surface area contributed by atoms with Crippen molar-refractivity contribution in [2.75, 3.05) is 32.8 Å². The van der Waals surface area contributed by atoms with Gasteiger partial charge in [-0.2, -0.15) is 15.0 Å². The highest BCUT2D eigenvalue weighted by Gasteiger charge is 2.35. The number of hydrogen-bond acceptors (Lipinski definition) is 7. The lowest BCUT2D eigenvalue weighted by atomic mass is 10.1. The predicted octanol–water partition coefficient (Wildman–Crippen LogP) is -1.25. The Morgan fingerprint density at radius 3 is 2.79 bits per heavy atom. The van der Waals surface area contributed by atoms with Gasteiger partial charge < -0.3 is 9.64 Å². The molecule has 2 amide bonds. The van der Waals surface area contributed by atoms with E-state index in [1.165, 1.54) is 9.70 Å². The first-order chi connectivity index (χ1) is 11.7. The molecule has 11 nitrogen and oxygen atoms in total. The summed E-state index contributed by atoms with van der Waals surface area (Å²) in [6.07, 6.45) is 4.63. The molecule has 4 rings (SSSR count). The Balaban J connectivity index is 1.28. The Labute approximate surface area is 136 Å². The van der Waals surface area contributed by atoms with Crippen LogP contribution in [0.15, 0.2) is 18.6 Å². The molecule has 0 N–H and O–H groups in total. The number of likely N-dealkylation sites (tertiary alicyclic amines) is 1. The second kappa shape index (κ2) is 5.91. The average molecular weight is 332 g/mol. The minimum absolute atomic E-state index is 0.0686. The fourth-order valence-electron chi connectivity index (χ4n) is 2.69. The topological polar surface area (TPSA) is 111 Å². The predicted molar refractivity (Wildman–Crippen MR) is 77.7 cm³/mol. The van der Waals surface area contributed by atoms with Gasteiger partial charge in [0.2, 0.25) is 5.91 Å². The van der Waals surface area contributed by atoms with Crippen LogP contribution >= 0.6 is 0 Å². The van der Waals surface area contributed by atoms with E-state index in [9.17, 15) is 9.59 Å². The molecule has 2 saturated heterocycles. The fourth-order valence-corrected chi connectivity index (χ4v) is 2.69. The van der Waals surface area contributed by atoms with Gasteiger partial charge in [-0.05, 0) is 0 Å². The lowest BCUT2D eigenvalue weighted by Crippen LogP contribution is -2.53. The molecule has 0 saturated carbocycles. The molecular formula is C13H16N8O3. The van der Waals surface area contributed by atoms with Crippen LogP contribution in [-0.2, 0) is 16.1 Å². The van der Waals surface area contributed by atoms with Crippen molar-refractivity contribution >= 4 is 12.0 Å². The zero-order chi connectivity index (χ0) is 16.5. The van der Waals surface area contributed by atoms with Crippen LogP contribution in [0.4, 0.5) is 4.79 Å². The van der Waals surface area contributed by atoms with Gasteiger partial charge in [-0.3, -0.25) is 9.69 Å². The van der Waals surface area contributed by atoms with Gasteiger partial charge in [0, 0.05) is 13.1 Å². The standard InChI is InChI=1S/C13H16N8O3/c22-12(9-18-3-4-24-13(18)23)19-7-11(8-19)20-5-10(16-17-20)6-21-14-1-2-15-21/h1-2,5,11H,3-4,6-9H2. The number of carbonyl (C=O) groups is 2. The smallest absolute Gasteiger partial charge is 0.410 e. The van der Waals surface area contributed by atoms with E-state index in [-0.39, 0.29) is 18.5 Å². The number of ether oxygens (including phenoxy) is 1. The number of amides is 2. The van der Waals surface area contributed by atoms with Crippen molar-refractivity contribution in [3.63, 3.8) is 0 Å². The third-order valence-electron chi connectivity index (χ3n) is 4.09. The van der Waals surface area contributed by atoms with Crippen LogP contribution in [-0.4, -0.2) is 84.6 Å². The summed E-state index contributed by atoms with van der Waals surface area (Å²) in [5, 5.41) is 16.2. The number of cyclic esters (lactones) is 1. The number of nitrogens with zero attached hydrogens (tertiary/aromatic N) is 8. The van der Waals surface area contributed by atoms with E-state index in [0.29, 0.717) is 32.8 Å². The molecule has 2 aromatic heterocycles. The van der Waals surface area contributed by atoms with Crippen molar-refractivity contribution < 1.29 is 14.3 Å². The van der Waals surface area contributed by atoms with Gasteiger partial charge in [0.05, 0.1) is 31.2 Å². The molecule has 0 spiro atoms. The normalized spacial score (nSPS) is 17.9. The molecule has 2 aromatic rings. The molecule has 4 heterocycles. The average Bonchev–Trinajstić information content (AvgIpc) is 3.23. The summed E-state index contributed by atoms with van der Waals surface area (Å²) < 4.78 is 6.57. The molecule has 2 fully saturated rings. The quantitative estimate of drug-likeness (QED) is 0.673. The monoisotopic (exact) mass is 332 g/mol. The molecule has 0 unspecified atom stereocenters.